The number of hydrogen-bond donors (Lipinski definition) is 3. The lowest BCUT2D eigenvalue weighted by Crippen LogP contribution is -2.26. The lowest BCUT2D eigenvalue weighted by Gasteiger charge is -2.08. The SMILES string of the molecule is O=C(CCCc1cccs1)Nc1cccc(C(=O)NCCO)c1. The molecule has 0 aliphatic carbocycles. The summed E-state index contributed by atoms with van der Waals surface area (Å²) in [5.74, 6) is -0.331. The van der Waals surface area contributed by atoms with Crippen molar-refractivity contribution < 1.29 is 14.7 Å². The van der Waals surface area contributed by atoms with Gasteiger partial charge in [0.2, 0.25) is 5.91 Å². The Balaban J connectivity index is 1.82. The van der Waals surface area contributed by atoms with Gasteiger partial charge in [0.25, 0.3) is 5.91 Å². The van der Waals surface area contributed by atoms with Crippen LogP contribution in [0.5, 0.6) is 0 Å². The van der Waals surface area contributed by atoms with Crippen molar-refractivity contribution in [3.05, 3.63) is 52.2 Å². The molecule has 0 saturated heterocycles. The lowest BCUT2D eigenvalue weighted by atomic mass is 10.1. The van der Waals surface area contributed by atoms with Crippen LogP contribution in [0.25, 0.3) is 0 Å². The van der Waals surface area contributed by atoms with Crippen LogP contribution in [-0.2, 0) is 11.2 Å². The Kier molecular flexibility index (Phi) is 6.77. The molecule has 5 nitrogen and oxygen atoms in total. The molecule has 0 spiro atoms. The average Bonchev–Trinajstić information content (AvgIpc) is 3.06. The number of aliphatic hydroxyl groups excluding tert-OH is 1. The van der Waals surface area contributed by atoms with E-state index in [-0.39, 0.29) is 25.0 Å². The highest BCUT2D eigenvalue weighted by Gasteiger charge is 2.07. The highest BCUT2D eigenvalue weighted by atomic mass is 32.1. The van der Waals surface area contributed by atoms with E-state index in [1.54, 1.807) is 35.6 Å². The maximum Gasteiger partial charge on any atom is 0.251 e. The second kappa shape index (κ2) is 9.07. The summed E-state index contributed by atoms with van der Waals surface area (Å²) in [7, 11) is 0. The normalized spacial score (nSPS) is 10.3. The standard InChI is InChI=1S/C17H20N2O3S/c20-10-9-18-17(22)13-4-1-5-14(12-13)19-16(21)8-2-6-15-7-3-11-23-15/h1,3-5,7,11-12,20H,2,6,8-10H2,(H,18,22)(H,19,21). The van der Waals surface area contributed by atoms with E-state index in [0.717, 1.165) is 12.8 Å². The Morgan fingerprint density at radius 2 is 2.04 bits per heavy atom. The number of benzene rings is 1. The fraction of sp³-hybridized carbons (Fsp3) is 0.294. The fourth-order valence-corrected chi connectivity index (χ4v) is 2.86. The maximum absolute atomic E-state index is 12.0. The molecule has 0 aliphatic rings. The predicted molar refractivity (Wildman–Crippen MR) is 91.7 cm³/mol. The first kappa shape index (κ1) is 17.2. The van der Waals surface area contributed by atoms with Gasteiger partial charge in [-0.1, -0.05) is 12.1 Å². The number of nitrogens with one attached hydrogen (secondary N) is 2. The minimum atomic E-state index is -0.271. The quantitative estimate of drug-likeness (QED) is 0.695. The first-order valence-corrected chi connectivity index (χ1v) is 8.38. The Morgan fingerprint density at radius 3 is 2.78 bits per heavy atom. The van der Waals surface area contributed by atoms with Gasteiger partial charge < -0.3 is 15.7 Å². The van der Waals surface area contributed by atoms with E-state index >= 15 is 0 Å². The number of thiophene rings is 1. The summed E-state index contributed by atoms with van der Waals surface area (Å²) < 4.78 is 0. The van der Waals surface area contributed by atoms with Crippen molar-refractivity contribution >= 4 is 28.8 Å². The second-order valence-corrected chi connectivity index (χ2v) is 6.07. The van der Waals surface area contributed by atoms with E-state index in [0.29, 0.717) is 17.7 Å². The van der Waals surface area contributed by atoms with Gasteiger partial charge in [-0.3, -0.25) is 9.59 Å². The van der Waals surface area contributed by atoms with Gasteiger partial charge in [-0.2, -0.15) is 0 Å². The minimum absolute atomic E-state index is 0.0607. The summed E-state index contributed by atoms with van der Waals surface area (Å²) in [6.07, 6.45) is 2.14. The fourth-order valence-electron chi connectivity index (χ4n) is 2.11. The molecule has 2 amide bonds. The van der Waals surface area contributed by atoms with E-state index in [4.69, 9.17) is 5.11 Å². The van der Waals surface area contributed by atoms with Crippen LogP contribution in [-0.4, -0.2) is 30.1 Å². The van der Waals surface area contributed by atoms with Gasteiger partial charge in [-0.05, 0) is 42.5 Å². The van der Waals surface area contributed by atoms with Crippen molar-refractivity contribution in [1.82, 2.24) is 5.32 Å². The van der Waals surface area contributed by atoms with Crippen LogP contribution in [0.15, 0.2) is 41.8 Å². The Hall–Kier alpha value is -2.18. The smallest absolute Gasteiger partial charge is 0.251 e. The van der Waals surface area contributed by atoms with Crippen LogP contribution >= 0.6 is 11.3 Å². The van der Waals surface area contributed by atoms with E-state index in [2.05, 4.69) is 16.7 Å². The topological polar surface area (TPSA) is 78.4 Å². The third-order valence-corrected chi connectivity index (χ3v) is 4.15. The number of carbonyl (C=O) groups excluding carboxylic acids is 2. The molecule has 0 radical (unpaired) electrons. The van der Waals surface area contributed by atoms with Crippen molar-refractivity contribution in [3.63, 3.8) is 0 Å². The summed E-state index contributed by atoms with van der Waals surface area (Å²) in [4.78, 5) is 25.0. The zero-order valence-corrected chi connectivity index (χ0v) is 13.6. The second-order valence-electron chi connectivity index (χ2n) is 5.04. The monoisotopic (exact) mass is 332 g/mol. The molecule has 0 saturated carbocycles. The van der Waals surface area contributed by atoms with Gasteiger partial charge in [0.05, 0.1) is 6.61 Å². The number of rotatable bonds is 8. The third-order valence-electron chi connectivity index (χ3n) is 3.21. The molecule has 23 heavy (non-hydrogen) atoms. The summed E-state index contributed by atoms with van der Waals surface area (Å²) in [6.45, 7) is 0.102. The van der Waals surface area contributed by atoms with Crippen LogP contribution in [0.2, 0.25) is 0 Å². The molecule has 3 N–H and O–H groups in total. The van der Waals surface area contributed by atoms with Gasteiger partial charge in [0, 0.05) is 29.1 Å². The Morgan fingerprint density at radius 1 is 1.17 bits per heavy atom. The molecule has 1 aromatic heterocycles. The maximum atomic E-state index is 12.0. The Labute approximate surface area is 139 Å². The van der Waals surface area contributed by atoms with Crippen molar-refractivity contribution in [2.75, 3.05) is 18.5 Å². The summed E-state index contributed by atoms with van der Waals surface area (Å²) >= 11 is 1.70. The molecule has 1 aromatic carbocycles. The molecule has 0 bridgehead atoms. The van der Waals surface area contributed by atoms with Gasteiger partial charge in [-0.15, -0.1) is 11.3 Å². The molecular formula is C17H20N2O3S. The van der Waals surface area contributed by atoms with Crippen molar-refractivity contribution in [2.24, 2.45) is 0 Å². The summed E-state index contributed by atoms with van der Waals surface area (Å²) in [5, 5.41) is 16.1. The summed E-state index contributed by atoms with van der Waals surface area (Å²) in [5.41, 5.74) is 1.05. The largest absolute Gasteiger partial charge is 0.395 e. The van der Waals surface area contributed by atoms with Gasteiger partial charge >= 0.3 is 0 Å². The number of amides is 2. The minimum Gasteiger partial charge on any atom is -0.395 e. The molecular weight excluding hydrogens is 312 g/mol. The first-order valence-electron chi connectivity index (χ1n) is 7.50. The van der Waals surface area contributed by atoms with Crippen molar-refractivity contribution in [1.29, 1.82) is 0 Å². The highest BCUT2D eigenvalue weighted by Crippen LogP contribution is 2.14. The predicted octanol–water partition coefficient (Wildman–Crippen LogP) is 2.43. The van der Waals surface area contributed by atoms with Crippen LogP contribution in [0.4, 0.5) is 5.69 Å². The summed E-state index contributed by atoms with van der Waals surface area (Å²) in [6, 6.07) is 10.8. The number of carbonyl (C=O) groups is 2. The zero-order chi connectivity index (χ0) is 16.5. The van der Waals surface area contributed by atoms with Crippen molar-refractivity contribution in [3.8, 4) is 0 Å². The number of anilines is 1. The third kappa shape index (κ3) is 5.84. The van der Waals surface area contributed by atoms with Crippen LogP contribution in [0.3, 0.4) is 0 Å². The molecule has 0 aliphatic heterocycles. The van der Waals surface area contributed by atoms with Gasteiger partial charge in [-0.25, -0.2) is 0 Å². The zero-order valence-electron chi connectivity index (χ0n) is 12.7. The van der Waals surface area contributed by atoms with Crippen LogP contribution < -0.4 is 10.6 Å². The molecule has 6 heteroatoms. The van der Waals surface area contributed by atoms with E-state index in [1.165, 1.54) is 4.88 Å². The molecule has 122 valence electrons. The number of hydrogen-bond acceptors (Lipinski definition) is 4. The molecule has 1 heterocycles. The van der Waals surface area contributed by atoms with Gasteiger partial charge in [0.1, 0.15) is 0 Å². The van der Waals surface area contributed by atoms with Crippen LogP contribution in [0, 0.1) is 0 Å². The highest BCUT2D eigenvalue weighted by molar-refractivity contribution is 7.09. The molecule has 0 unspecified atom stereocenters. The van der Waals surface area contributed by atoms with E-state index in [1.807, 2.05) is 11.4 Å². The molecule has 2 aromatic rings. The number of aryl methyl sites for hydroxylation is 1. The van der Waals surface area contributed by atoms with Crippen molar-refractivity contribution in [2.45, 2.75) is 19.3 Å². The Bertz CT molecular complexity index is 641. The number of aliphatic hydroxyl groups is 1. The van der Waals surface area contributed by atoms with E-state index < -0.39 is 0 Å². The van der Waals surface area contributed by atoms with E-state index in [9.17, 15) is 9.59 Å². The average molecular weight is 332 g/mol. The van der Waals surface area contributed by atoms with Crippen LogP contribution in [0.1, 0.15) is 28.1 Å². The molecule has 0 fully saturated rings. The molecule has 2 rings (SSSR count). The first-order chi connectivity index (χ1) is 11.2. The van der Waals surface area contributed by atoms with Gasteiger partial charge in [0.15, 0.2) is 0 Å². The molecule has 0 atom stereocenters. The lowest BCUT2D eigenvalue weighted by molar-refractivity contribution is -0.116.